The first-order valence-electron chi connectivity index (χ1n) is 9.93. The molecule has 22 heavy (non-hydrogen) atoms. The SMILES string of the molecule is CC(=O)C1CCC2C3CCC45C[C@H]4CCC5(C)C3CCC12C. The Morgan fingerprint density at radius 3 is 2.45 bits per heavy atom. The molecule has 0 aromatic rings. The van der Waals surface area contributed by atoms with E-state index in [0.29, 0.717) is 22.5 Å². The summed E-state index contributed by atoms with van der Waals surface area (Å²) in [6, 6.07) is 0. The summed E-state index contributed by atoms with van der Waals surface area (Å²) in [6.07, 6.45) is 12.9. The fraction of sp³-hybridized carbons (Fsp3) is 0.952. The molecule has 5 saturated carbocycles. The summed E-state index contributed by atoms with van der Waals surface area (Å²) in [4.78, 5) is 12.2. The summed E-state index contributed by atoms with van der Waals surface area (Å²) < 4.78 is 0. The van der Waals surface area contributed by atoms with Crippen LogP contribution < -0.4 is 0 Å². The van der Waals surface area contributed by atoms with Crippen molar-refractivity contribution in [2.45, 2.75) is 78.6 Å². The molecule has 0 heterocycles. The molecular formula is C21H32O. The van der Waals surface area contributed by atoms with E-state index in [1.54, 1.807) is 6.42 Å². The number of hydrogen-bond donors (Lipinski definition) is 0. The summed E-state index contributed by atoms with van der Waals surface area (Å²) >= 11 is 0. The van der Waals surface area contributed by atoms with E-state index >= 15 is 0 Å². The van der Waals surface area contributed by atoms with E-state index in [0.717, 1.165) is 29.1 Å². The van der Waals surface area contributed by atoms with Gasteiger partial charge in [-0.1, -0.05) is 13.8 Å². The molecule has 0 amide bonds. The van der Waals surface area contributed by atoms with Crippen molar-refractivity contribution in [2.24, 2.45) is 45.8 Å². The third-order valence-electron chi connectivity index (χ3n) is 10.1. The van der Waals surface area contributed by atoms with E-state index in [1.807, 2.05) is 6.92 Å². The largest absolute Gasteiger partial charge is 0.300 e. The van der Waals surface area contributed by atoms with Crippen molar-refractivity contribution < 1.29 is 4.79 Å². The summed E-state index contributed by atoms with van der Waals surface area (Å²) in [5.41, 5.74) is 1.78. The minimum atomic E-state index is 0.343. The first-order chi connectivity index (χ1) is 10.4. The molecule has 0 bridgehead atoms. The quantitative estimate of drug-likeness (QED) is 0.647. The minimum Gasteiger partial charge on any atom is -0.300 e. The van der Waals surface area contributed by atoms with Crippen LogP contribution in [0.3, 0.4) is 0 Å². The van der Waals surface area contributed by atoms with Gasteiger partial charge in [-0.2, -0.15) is 0 Å². The van der Waals surface area contributed by atoms with E-state index in [1.165, 1.54) is 51.4 Å². The van der Waals surface area contributed by atoms with E-state index in [2.05, 4.69) is 13.8 Å². The average Bonchev–Trinajstić information content (AvgIpc) is 2.94. The smallest absolute Gasteiger partial charge is 0.133 e. The molecule has 5 fully saturated rings. The van der Waals surface area contributed by atoms with Crippen molar-refractivity contribution >= 4 is 5.78 Å². The second-order valence-electron chi connectivity index (χ2n) is 10.2. The van der Waals surface area contributed by atoms with Crippen LogP contribution in [0.5, 0.6) is 0 Å². The number of carbonyl (C=O) groups excluding carboxylic acids is 1. The van der Waals surface area contributed by atoms with E-state index in [9.17, 15) is 4.79 Å². The lowest BCUT2D eigenvalue weighted by atomic mass is 9.46. The fourth-order valence-electron chi connectivity index (χ4n) is 8.90. The van der Waals surface area contributed by atoms with Gasteiger partial charge in [0.15, 0.2) is 0 Å². The highest BCUT2D eigenvalue weighted by Gasteiger charge is 2.73. The Labute approximate surface area is 135 Å². The zero-order valence-electron chi connectivity index (χ0n) is 14.7. The Morgan fingerprint density at radius 2 is 1.73 bits per heavy atom. The zero-order chi connectivity index (χ0) is 15.3. The lowest BCUT2D eigenvalue weighted by molar-refractivity contribution is -0.131. The van der Waals surface area contributed by atoms with E-state index in [-0.39, 0.29) is 0 Å². The van der Waals surface area contributed by atoms with Gasteiger partial charge >= 0.3 is 0 Å². The van der Waals surface area contributed by atoms with Crippen LogP contribution in [0.2, 0.25) is 0 Å². The van der Waals surface area contributed by atoms with Crippen LogP contribution in [0.25, 0.3) is 0 Å². The lowest BCUT2D eigenvalue weighted by Crippen LogP contribution is -2.52. The highest BCUT2D eigenvalue weighted by atomic mass is 16.1. The summed E-state index contributed by atoms with van der Waals surface area (Å²) in [5, 5.41) is 0. The predicted molar refractivity (Wildman–Crippen MR) is 88.3 cm³/mol. The number of hydrogen-bond acceptors (Lipinski definition) is 1. The highest BCUT2D eigenvalue weighted by molar-refractivity contribution is 5.79. The molecule has 122 valence electrons. The van der Waals surface area contributed by atoms with Crippen molar-refractivity contribution in [1.82, 2.24) is 0 Å². The third-order valence-corrected chi connectivity index (χ3v) is 10.1. The van der Waals surface area contributed by atoms with Crippen molar-refractivity contribution in [3.63, 3.8) is 0 Å². The number of ketones is 1. The standard InChI is InChI=1S/C21H32O/c1-13(22)16-4-5-17-15-7-11-21-12-14(21)6-10-20(21,3)18(15)8-9-19(16,17)2/h14-18H,4-12H2,1-3H3/t14-,15?,16?,17?,18?,19?,20?,21?/m1/s1. The molecule has 0 saturated heterocycles. The number of fused-ring (bicyclic) bond motifs is 4. The van der Waals surface area contributed by atoms with Crippen LogP contribution in [0.1, 0.15) is 78.6 Å². The second-order valence-corrected chi connectivity index (χ2v) is 10.2. The molecule has 0 aromatic carbocycles. The van der Waals surface area contributed by atoms with Crippen LogP contribution in [0.15, 0.2) is 0 Å². The summed E-state index contributed by atoms with van der Waals surface area (Å²) in [7, 11) is 0. The summed E-state index contributed by atoms with van der Waals surface area (Å²) in [6.45, 7) is 7.01. The second kappa shape index (κ2) is 4.01. The molecule has 1 nitrogen and oxygen atoms in total. The van der Waals surface area contributed by atoms with E-state index in [4.69, 9.17) is 0 Å². The monoisotopic (exact) mass is 300 g/mol. The Morgan fingerprint density at radius 1 is 0.909 bits per heavy atom. The first kappa shape index (κ1) is 14.1. The topological polar surface area (TPSA) is 17.1 Å². The molecule has 5 aliphatic rings. The molecular weight excluding hydrogens is 268 g/mol. The Hall–Kier alpha value is -0.330. The maximum absolute atomic E-state index is 12.2. The van der Waals surface area contributed by atoms with Gasteiger partial charge < -0.3 is 0 Å². The number of Topliss-reactive ketones (excluding diaryl/α,β-unsaturated/α-hetero) is 1. The lowest BCUT2D eigenvalue weighted by Gasteiger charge is -2.58. The van der Waals surface area contributed by atoms with Crippen molar-refractivity contribution in [2.75, 3.05) is 0 Å². The van der Waals surface area contributed by atoms with Gasteiger partial charge in [0.2, 0.25) is 0 Å². The van der Waals surface area contributed by atoms with Crippen LogP contribution in [0, 0.1) is 45.8 Å². The van der Waals surface area contributed by atoms with E-state index < -0.39 is 0 Å². The minimum absolute atomic E-state index is 0.343. The molecule has 0 aromatic heterocycles. The molecule has 8 atom stereocenters. The normalized spacial score (nSPS) is 61.9. The highest BCUT2D eigenvalue weighted by Crippen LogP contribution is 2.81. The van der Waals surface area contributed by atoms with Crippen molar-refractivity contribution in [3.05, 3.63) is 0 Å². The molecule has 0 radical (unpaired) electrons. The van der Waals surface area contributed by atoms with Crippen LogP contribution in [-0.2, 0) is 4.79 Å². The first-order valence-corrected chi connectivity index (χ1v) is 9.93. The van der Waals surface area contributed by atoms with Gasteiger partial charge in [-0.3, -0.25) is 4.79 Å². The van der Waals surface area contributed by atoms with Gasteiger partial charge in [0.05, 0.1) is 0 Å². The molecule has 5 rings (SSSR count). The Bertz CT molecular complexity index is 538. The van der Waals surface area contributed by atoms with Crippen LogP contribution in [0.4, 0.5) is 0 Å². The molecule has 1 spiro atoms. The van der Waals surface area contributed by atoms with Crippen molar-refractivity contribution in [3.8, 4) is 0 Å². The predicted octanol–water partition coefficient (Wildman–Crippen LogP) is 5.23. The van der Waals surface area contributed by atoms with Crippen LogP contribution >= 0.6 is 0 Å². The van der Waals surface area contributed by atoms with Gasteiger partial charge in [-0.15, -0.1) is 0 Å². The van der Waals surface area contributed by atoms with Crippen LogP contribution in [-0.4, -0.2) is 5.78 Å². The molecule has 7 unspecified atom stereocenters. The van der Waals surface area contributed by atoms with Gasteiger partial charge in [-0.25, -0.2) is 0 Å². The number of rotatable bonds is 1. The Kier molecular flexibility index (Phi) is 2.56. The average molecular weight is 300 g/mol. The molecule has 0 N–H and O–H groups in total. The zero-order valence-corrected chi connectivity index (χ0v) is 14.7. The molecule has 1 heteroatoms. The maximum atomic E-state index is 12.2. The molecule has 5 aliphatic carbocycles. The maximum Gasteiger partial charge on any atom is 0.133 e. The fourth-order valence-corrected chi connectivity index (χ4v) is 8.90. The van der Waals surface area contributed by atoms with Gasteiger partial charge in [0.1, 0.15) is 5.78 Å². The summed E-state index contributed by atoms with van der Waals surface area (Å²) in [5.74, 6) is 4.73. The number of carbonyl (C=O) groups is 1. The Balaban J connectivity index is 1.49. The van der Waals surface area contributed by atoms with Gasteiger partial charge in [-0.05, 0) is 105 Å². The molecule has 0 aliphatic heterocycles. The third kappa shape index (κ3) is 1.37. The van der Waals surface area contributed by atoms with Gasteiger partial charge in [0, 0.05) is 5.92 Å². The van der Waals surface area contributed by atoms with Crippen molar-refractivity contribution in [1.29, 1.82) is 0 Å². The van der Waals surface area contributed by atoms with Gasteiger partial charge in [0.25, 0.3) is 0 Å².